The number of rotatable bonds is 3. The third-order valence-electron chi connectivity index (χ3n) is 2.75. The standard InChI is InChI=1S/C11H13BrN2O2/c12-10-2-1-8(6-13-10)11(16)14-5-7-3-9(15)4-7/h1-2,6-7,9,15H,3-5H2,(H,14,16). The lowest BCUT2D eigenvalue weighted by Gasteiger charge is -2.31. The van der Waals surface area contributed by atoms with Crippen LogP contribution in [0.15, 0.2) is 22.9 Å². The fourth-order valence-corrected chi connectivity index (χ4v) is 1.95. The van der Waals surface area contributed by atoms with Crippen molar-refractivity contribution in [1.82, 2.24) is 10.3 Å². The number of aliphatic hydroxyl groups excluding tert-OH is 1. The van der Waals surface area contributed by atoms with Crippen molar-refractivity contribution in [2.24, 2.45) is 5.92 Å². The highest BCUT2D eigenvalue weighted by Crippen LogP contribution is 2.26. The van der Waals surface area contributed by atoms with E-state index in [0.717, 1.165) is 12.8 Å². The lowest BCUT2D eigenvalue weighted by molar-refractivity contribution is 0.0420. The van der Waals surface area contributed by atoms with Crippen LogP contribution < -0.4 is 5.32 Å². The molecular formula is C11H13BrN2O2. The molecule has 2 N–H and O–H groups in total. The van der Waals surface area contributed by atoms with Crippen LogP contribution in [-0.4, -0.2) is 28.6 Å². The number of amides is 1. The number of hydrogen-bond donors (Lipinski definition) is 2. The van der Waals surface area contributed by atoms with Gasteiger partial charge in [-0.05, 0) is 46.8 Å². The third kappa shape index (κ3) is 2.80. The minimum absolute atomic E-state index is 0.110. The van der Waals surface area contributed by atoms with Crippen molar-refractivity contribution in [3.63, 3.8) is 0 Å². The summed E-state index contributed by atoms with van der Waals surface area (Å²) in [6.45, 7) is 0.631. The van der Waals surface area contributed by atoms with Crippen molar-refractivity contribution >= 4 is 21.8 Å². The molecule has 0 aromatic carbocycles. The minimum atomic E-state index is -0.170. The monoisotopic (exact) mass is 284 g/mol. The summed E-state index contributed by atoms with van der Waals surface area (Å²) in [6, 6.07) is 3.46. The van der Waals surface area contributed by atoms with E-state index < -0.39 is 0 Å². The number of halogens is 1. The molecule has 86 valence electrons. The molecule has 0 aliphatic heterocycles. The number of carbonyl (C=O) groups is 1. The van der Waals surface area contributed by atoms with Crippen LogP contribution >= 0.6 is 15.9 Å². The van der Waals surface area contributed by atoms with Crippen LogP contribution in [-0.2, 0) is 0 Å². The zero-order valence-electron chi connectivity index (χ0n) is 8.69. The zero-order valence-corrected chi connectivity index (χ0v) is 10.3. The van der Waals surface area contributed by atoms with Crippen molar-refractivity contribution in [2.75, 3.05) is 6.54 Å². The van der Waals surface area contributed by atoms with E-state index in [2.05, 4.69) is 26.2 Å². The van der Waals surface area contributed by atoms with Gasteiger partial charge >= 0.3 is 0 Å². The van der Waals surface area contributed by atoms with Crippen LogP contribution in [0.25, 0.3) is 0 Å². The lowest BCUT2D eigenvalue weighted by atomic mass is 9.82. The summed E-state index contributed by atoms with van der Waals surface area (Å²) < 4.78 is 0.714. The summed E-state index contributed by atoms with van der Waals surface area (Å²) in [5.41, 5.74) is 0.558. The fourth-order valence-electron chi connectivity index (χ4n) is 1.72. The van der Waals surface area contributed by atoms with Gasteiger partial charge in [0.1, 0.15) is 4.60 Å². The molecule has 0 unspecified atom stereocenters. The Bertz CT molecular complexity index is 374. The van der Waals surface area contributed by atoms with Gasteiger partial charge in [0.05, 0.1) is 11.7 Å². The highest BCUT2D eigenvalue weighted by atomic mass is 79.9. The normalized spacial score (nSPS) is 23.6. The van der Waals surface area contributed by atoms with E-state index in [4.69, 9.17) is 5.11 Å². The van der Waals surface area contributed by atoms with Gasteiger partial charge in [-0.25, -0.2) is 4.98 Å². The molecule has 1 aromatic heterocycles. The number of nitrogens with one attached hydrogen (secondary N) is 1. The van der Waals surface area contributed by atoms with Gasteiger partial charge in [0.25, 0.3) is 5.91 Å². The zero-order chi connectivity index (χ0) is 11.5. The molecular weight excluding hydrogens is 272 g/mol. The summed E-state index contributed by atoms with van der Waals surface area (Å²) in [5.74, 6) is 0.309. The Morgan fingerprint density at radius 1 is 1.56 bits per heavy atom. The highest BCUT2D eigenvalue weighted by molar-refractivity contribution is 9.10. The molecule has 1 saturated carbocycles. The predicted octanol–water partition coefficient (Wildman–Crippen LogP) is 1.34. The van der Waals surface area contributed by atoms with Gasteiger partial charge in [-0.15, -0.1) is 0 Å². The minimum Gasteiger partial charge on any atom is -0.393 e. The average Bonchev–Trinajstić information content (AvgIpc) is 2.23. The lowest BCUT2D eigenvalue weighted by Crippen LogP contribution is -2.38. The number of pyridine rings is 1. The molecule has 1 heterocycles. The van der Waals surface area contributed by atoms with Crippen molar-refractivity contribution in [3.05, 3.63) is 28.5 Å². The summed E-state index contributed by atoms with van der Waals surface area (Å²) >= 11 is 3.21. The number of nitrogens with zero attached hydrogens (tertiary/aromatic N) is 1. The summed E-state index contributed by atoms with van der Waals surface area (Å²) in [7, 11) is 0. The van der Waals surface area contributed by atoms with Crippen LogP contribution in [0.4, 0.5) is 0 Å². The SMILES string of the molecule is O=C(NCC1CC(O)C1)c1ccc(Br)nc1. The second kappa shape index (κ2) is 4.93. The Kier molecular flexibility index (Phi) is 3.56. The Morgan fingerprint density at radius 2 is 2.31 bits per heavy atom. The van der Waals surface area contributed by atoms with E-state index in [-0.39, 0.29) is 12.0 Å². The predicted molar refractivity (Wildman–Crippen MR) is 63.0 cm³/mol. The largest absolute Gasteiger partial charge is 0.393 e. The van der Waals surface area contributed by atoms with E-state index in [0.29, 0.717) is 22.6 Å². The van der Waals surface area contributed by atoms with Gasteiger partial charge in [-0.1, -0.05) is 0 Å². The number of carbonyl (C=O) groups excluding carboxylic acids is 1. The molecule has 16 heavy (non-hydrogen) atoms. The van der Waals surface area contributed by atoms with E-state index in [9.17, 15) is 4.79 Å². The topological polar surface area (TPSA) is 62.2 Å². The van der Waals surface area contributed by atoms with Gasteiger partial charge in [0.2, 0.25) is 0 Å². The van der Waals surface area contributed by atoms with Gasteiger partial charge in [0, 0.05) is 12.7 Å². The molecule has 1 amide bonds. The third-order valence-corrected chi connectivity index (χ3v) is 3.22. The molecule has 1 aliphatic rings. The molecule has 0 atom stereocenters. The van der Waals surface area contributed by atoms with Crippen molar-refractivity contribution < 1.29 is 9.90 Å². The molecule has 1 fully saturated rings. The molecule has 2 rings (SSSR count). The summed E-state index contributed by atoms with van der Waals surface area (Å²) in [5, 5.41) is 11.9. The first-order chi connectivity index (χ1) is 7.65. The molecule has 0 spiro atoms. The molecule has 0 radical (unpaired) electrons. The maximum Gasteiger partial charge on any atom is 0.252 e. The molecule has 1 aliphatic carbocycles. The van der Waals surface area contributed by atoms with Crippen LogP contribution in [0.2, 0.25) is 0 Å². The van der Waals surface area contributed by atoms with Crippen LogP contribution in [0.1, 0.15) is 23.2 Å². The number of aromatic nitrogens is 1. The molecule has 5 heteroatoms. The second-order valence-electron chi connectivity index (χ2n) is 4.07. The quantitative estimate of drug-likeness (QED) is 0.824. The van der Waals surface area contributed by atoms with Crippen LogP contribution in [0, 0.1) is 5.92 Å². The Hall–Kier alpha value is -0.940. The molecule has 0 bridgehead atoms. The van der Waals surface area contributed by atoms with Crippen molar-refractivity contribution in [2.45, 2.75) is 18.9 Å². The van der Waals surface area contributed by atoms with Crippen molar-refractivity contribution in [3.8, 4) is 0 Å². The van der Waals surface area contributed by atoms with Crippen LogP contribution in [0.5, 0.6) is 0 Å². The van der Waals surface area contributed by atoms with E-state index in [1.54, 1.807) is 12.1 Å². The Balaban J connectivity index is 1.81. The van der Waals surface area contributed by atoms with Gasteiger partial charge < -0.3 is 10.4 Å². The maximum absolute atomic E-state index is 11.7. The summed E-state index contributed by atoms with van der Waals surface area (Å²) in [4.78, 5) is 15.6. The van der Waals surface area contributed by atoms with E-state index in [1.807, 2.05) is 0 Å². The van der Waals surface area contributed by atoms with Crippen molar-refractivity contribution in [1.29, 1.82) is 0 Å². The number of aliphatic hydroxyl groups is 1. The highest BCUT2D eigenvalue weighted by Gasteiger charge is 2.27. The van der Waals surface area contributed by atoms with Crippen LogP contribution in [0.3, 0.4) is 0 Å². The molecule has 4 nitrogen and oxygen atoms in total. The summed E-state index contributed by atoms with van der Waals surface area (Å²) in [6.07, 6.45) is 2.95. The molecule has 0 saturated heterocycles. The maximum atomic E-state index is 11.7. The Morgan fingerprint density at radius 3 is 2.88 bits per heavy atom. The first kappa shape index (κ1) is 11.5. The Labute approximate surface area is 102 Å². The fraction of sp³-hybridized carbons (Fsp3) is 0.455. The first-order valence-corrected chi connectivity index (χ1v) is 6.02. The van der Waals surface area contributed by atoms with E-state index >= 15 is 0 Å². The first-order valence-electron chi connectivity index (χ1n) is 5.23. The average molecular weight is 285 g/mol. The van der Waals surface area contributed by atoms with Gasteiger partial charge in [0.15, 0.2) is 0 Å². The number of hydrogen-bond acceptors (Lipinski definition) is 3. The molecule has 1 aromatic rings. The second-order valence-corrected chi connectivity index (χ2v) is 4.88. The van der Waals surface area contributed by atoms with Gasteiger partial charge in [-0.3, -0.25) is 4.79 Å². The van der Waals surface area contributed by atoms with Gasteiger partial charge in [-0.2, -0.15) is 0 Å². The smallest absolute Gasteiger partial charge is 0.252 e. The van der Waals surface area contributed by atoms with E-state index in [1.165, 1.54) is 6.20 Å².